The lowest BCUT2D eigenvalue weighted by molar-refractivity contribution is -0.322. The quantitative estimate of drug-likeness (QED) is 0.777. The third kappa shape index (κ3) is 9.95. The third-order valence-corrected chi connectivity index (χ3v) is 3.22. The van der Waals surface area contributed by atoms with Crippen molar-refractivity contribution in [2.75, 3.05) is 18.1 Å². The average molecular weight is 249 g/mol. The normalized spacial score (nSPS) is 14.3. The molecule has 0 radical (unpaired) electrons. The van der Waals surface area contributed by atoms with E-state index in [2.05, 4.69) is 4.74 Å². The summed E-state index contributed by atoms with van der Waals surface area (Å²) in [6.45, 7) is 2.06. The molecule has 92 valence electrons. The maximum atomic E-state index is 11.5. The van der Waals surface area contributed by atoms with Crippen molar-refractivity contribution in [2.45, 2.75) is 25.7 Å². The van der Waals surface area contributed by atoms with Crippen LogP contribution in [0.15, 0.2) is 0 Å². The summed E-state index contributed by atoms with van der Waals surface area (Å²) in [6, 6.07) is 0. The van der Waals surface area contributed by atoms with Crippen molar-refractivity contribution in [3.8, 4) is 0 Å². The highest BCUT2D eigenvalue weighted by molar-refractivity contribution is 7.91. The molecule has 0 saturated heterocycles. The second-order valence-electron chi connectivity index (χ2n) is 3.87. The lowest BCUT2D eigenvalue weighted by Gasteiger charge is -2.18. The topological polar surface area (TPSA) is 69.4 Å². The molecule has 0 aromatic heterocycles. The van der Waals surface area contributed by atoms with Gasteiger partial charge in [-0.1, -0.05) is 0 Å². The molecule has 0 unspecified atom stereocenters. The Bertz CT molecular complexity index is 292. The van der Waals surface area contributed by atoms with Gasteiger partial charge in [0.25, 0.3) is 0 Å². The fourth-order valence-corrected chi connectivity index (χ4v) is 2.54. The molecule has 4 nitrogen and oxygen atoms in total. The first-order chi connectivity index (χ1) is 6.41. The van der Waals surface area contributed by atoms with Crippen LogP contribution in [0.5, 0.6) is 0 Å². The summed E-state index contributed by atoms with van der Waals surface area (Å²) in [5, 5.41) is 0. The second kappa shape index (κ2) is 4.67. The van der Waals surface area contributed by atoms with Gasteiger partial charge in [0.05, 0.1) is 18.1 Å². The number of sulfone groups is 1. The van der Waals surface area contributed by atoms with Gasteiger partial charge in [-0.05, 0) is 13.8 Å². The Hall–Kier alpha value is -0.340. The minimum absolute atomic E-state index is 0.374. The fourth-order valence-electron chi connectivity index (χ4n) is 0.923. The monoisotopic (exact) mass is 249 g/mol. The summed E-state index contributed by atoms with van der Waals surface area (Å²) in [7, 11) is -3.61. The first-order valence-electron chi connectivity index (χ1n) is 4.11. The van der Waals surface area contributed by atoms with Crippen molar-refractivity contribution in [1.29, 1.82) is 0 Å². The standard InChI is InChI=1S/C7H14F3NO3S/c1-6(2,11)5-15(12,13)4-3-14-7(8,9)10/h3-5,11H2,1-2H3. The molecule has 0 fully saturated rings. The summed E-state index contributed by atoms with van der Waals surface area (Å²) in [5.74, 6) is -1.06. The maximum absolute atomic E-state index is 11.5. The van der Waals surface area contributed by atoms with Crippen molar-refractivity contribution in [3.63, 3.8) is 0 Å². The molecule has 0 heterocycles. The van der Waals surface area contributed by atoms with E-state index in [0.717, 1.165) is 0 Å². The molecule has 15 heavy (non-hydrogen) atoms. The van der Waals surface area contributed by atoms with E-state index in [-0.39, 0.29) is 5.75 Å². The summed E-state index contributed by atoms with van der Waals surface area (Å²) < 4.78 is 60.3. The first-order valence-corrected chi connectivity index (χ1v) is 5.93. The van der Waals surface area contributed by atoms with Gasteiger partial charge in [0, 0.05) is 5.54 Å². The van der Waals surface area contributed by atoms with Crippen molar-refractivity contribution in [3.05, 3.63) is 0 Å². The molecule has 0 bridgehead atoms. The van der Waals surface area contributed by atoms with Gasteiger partial charge in [-0.25, -0.2) is 8.42 Å². The van der Waals surface area contributed by atoms with E-state index in [1.54, 1.807) is 0 Å². The van der Waals surface area contributed by atoms with Gasteiger partial charge in [-0.2, -0.15) is 0 Å². The van der Waals surface area contributed by atoms with Crippen molar-refractivity contribution in [2.24, 2.45) is 5.73 Å². The molecule has 0 aromatic rings. The van der Waals surface area contributed by atoms with Crippen LogP contribution < -0.4 is 5.73 Å². The van der Waals surface area contributed by atoms with Crippen LogP contribution in [0.3, 0.4) is 0 Å². The minimum atomic E-state index is -4.80. The molecule has 0 aromatic carbocycles. The van der Waals surface area contributed by atoms with Gasteiger partial charge in [-0.15, -0.1) is 13.2 Å². The number of hydrogen-bond acceptors (Lipinski definition) is 4. The fraction of sp³-hybridized carbons (Fsp3) is 1.00. The van der Waals surface area contributed by atoms with Crippen LogP contribution in [-0.4, -0.2) is 38.4 Å². The summed E-state index contributed by atoms with van der Waals surface area (Å²) >= 11 is 0. The van der Waals surface area contributed by atoms with Crippen LogP contribution in [0.25, 0.3) is 0 Å². The Morgan fingerprint density at radius 1 is 1.27 bits per heavy atom. The number of alkyl halides is 3. The molecule has 0 rings (SSSR count). The molecule has 0 aliphatic rings. The Labute approximate surface area is 86.5 Å². The van der Waals surface area contributed by atoms with Crippen LogP contribution in [0.2, 0.25) is 0 Å². The smallest absolute Gasteiger partial charge is 0.325 e. The van der Waals surface area contributed by atoms with E-state index in [9.17, 15) is 21.6 Å². The van der Waals surface area contributed by atoms with Crippen molar-refractivity contribution in [1.82, 2.24) is 0 Å². The van der Waals surface area contributed by atoms with Crippen LogP contribution in [0.1, 0.15) is 13.8 Å². The summed E-state index contributed by atoms with van der Waals surface area (Å²) in [4.78, 5) is 0. The Kier molecular flexibility index (Phi) is 4.56. The molecular weight excluding hydrogens is 235 g/mol. The van der Waals surface area contributed by atoms with Gasteiger partial charge in [0.15, 0.2) is 9.84 Å². The largest absolute Gasteiger partial charge is 0.522 e. The maximum Gasteiger partial charge on any atom is 0.522 e. The molecular formula is C7H14F3NO3S. The van der Waals surface area contributed by atoms with Crippen molar-refractivity contribution >= 4 is 9.84 Å². The first kappa shape index (κ1) is 14.7. The number of nitrogens with two attached hydrogens (primary N) is 1. The number of ether oxygens (including phenoxy) is 1. The molecule has 0 spiro atoms. The lowest BCUT2D eigenvalue weighted by Crippen LogP contribution is -2.41. The zero-order chi connectivity index (χ0) is 12.3. The van der Waals surface area contributed by atoms with Gasteiger partial charge < -0.3 is 5.73 Å². The molecule has 0 amide bonds. The van der Waals surface area contributed by atoms with E-state index in [1.165, 1.54) is 13.8 Å². The number of rotatable bonds is 5. The Morgan fingerprint density at radius 2 is 1.73 bits per heavy atom. The van der Waals surface area contributed by atoms with Crippen molar-refractivity contribution < 1.29 is 26.3 Å². The average Bonchev–Trinajstić information content (AvgIpc) is 1.75. The molecule has 8 heteroatoms. The SMILES string of the molecule is CC(C)(N)CS(=O)(=O)CCOC(F)(F)F. The third-order valence-electron chi connectivity index (χ3n) is 1.25. The molecule has 0 aliphatic carbocycles. The predicted molar refractivity (Wildman–Crippen MR) is 48.9 cm³/mol. The zero-order valence-corrected chi connectivity index (χ0v) is 9.28. The Balaban J connectivity index is 4.08. The van der Waals surface area contributed by atoms with E-state index in [4.69, 9.17) is 5.73 Å². The van der Waals surface area contributed by atoms with Crippen LogP contribution in [0.4, 0.5) is 13.2 Å². The van der Waals surface area contributed by atoms with E-state index >= 15 is 0 Å². The van der Waals surface area contributed by atoms with E-state index < -0.39 is 34.1 Å². The van der Waals surface area contributed by atoms with E-state index in [0.29, 0.717) is 0 Å². The minimum Gasteiger partial charge on any atom is -0.325 e. The second-order valence-corrected chi connectivity index (χ2v) is 6.06. The molecule has 0 aliphatic heterocycles. The van der Waals surface area contributed by atoms with Gasteiger partial charge in [-0.3, -0.25) is 4.74 Å². The number of hydrogen-bond donors (Lipinski definition) is 1. The molecule has 2 N–H and O–H groups in total. The lowest BCUT2D eigenvalue weighted by atomic mass is 10.1. The highest BCUT2D eigenvalue weighted by Crippen LogP contribution is 2.16. The predicted octanol–water partition coefficient (Wildman–Crippen LogP) is 0.675. The van der Waals surface area contributed by atoms with Gasteiger partial charge in [0.2, 0.25) is 0 Å². The van der Waals surface area contributed by atoms with Gasteiger partial charge >= 0.3 is 6.36 Å². The van der Waals surface area contributed by atoms with Crippen LogP contribution in [0, 0.1) is 0 Å². The molecule has 0 saturated carbocycles. The van der Waals surface area contributed by atoms with Crippen LogP contribution >= 0.6 is 0 Å². The van der Waals surface area contributed by atoms with Crippen LogP contribution in [-0.2, 0) is 14.6 Å². The Morgan fingerprint density at radius 3 is 2.07 bits per heavy atom. The van der Waals surface area contributed by atoms with E-state index in [1.807, 2.05) is 0 Å². The number of halogens is 3. The zero-order valence-electron chi connectivity index (χ0n) is 8.47. The summed E-state index contributed by atoms with van der Waals surface area (Å²) in [5.41, 5.74) is 4.48. The van der Waals surface area contributed by atoms with Gasteiger partial charge in [0.1, 0.15) is 0 Å². The highest BCUT2D eigenvalue weighted by Gasteiger charge is 2.30. The summed E-state index contributed by atoms with van der Waals surface area (Å²) in [6.07, 6.45) is -4.80. The molecule has 0 atom stereocenters. The highest BCUT2D eigenvalue weighted by atomic mass is 32.2.